The number of carbonyl (C=O) groups excluding carboxylic acids is 1. The van der Waals surface area contributed by atoms with Gasteiger partial charge >= 0.3 is 6.03 Å². The molecule has 1 heterocycles. The van der Waals surface area contributed by atoms with Crippen LogP contribution in [0.25, 0.3) is 22.5 Å². The summed E-state index contributed by atoms with van der Waals surface area (Å²) in [5.74, 6) is 0.924. The number of aromatic amines is 1. The molecule has 3 N–H and O–H groups in total. The number of halogens is 1. The quantitative estimate of drug-likeness (QED) is 0.217. The first-order valence-corrected chi connectivity index (χ1v) is 12.9. The van der Waals surface area contributed by atoms with Crippen molar-refractivity contribution in [2.75, 3.05) is 35.7 Å². The van der Waals surface area contributed by atoms with Gasteiger partial charge in [0.1, 0.15) is 0 Å². The van der Waals surface area contributed by atoms with Crippen LogP contribution in [-0.4, -0.2) is 46.9 Å². The summed E-state index contributed by atoms with van der Waals surface area (Å²) in [4.78, 5) is 15.5. The van der Waals surface area contributed by atoms with Crippen LogP contribution in [0.1, 0.15) is 27.7 Å². The molecule has 0 spiro atoms. The van der Waals surface area contributed by atoms with Crippen LogP contribution in [0.2, 0.25) is 0 Å². The number of tetrazole rings is 1. The molecule has 0 aliphatic heterocycles. The molecule has 0 bridgehead atoms. The minimum atomic E-state index is -0.503. The zero-order valence-electron chi connectivity index (χ0n) is 22.8. The highest BCUT2D eigenvalue weighted by Crippen LogP contribution is 2.36. The van der Waals surface area contributed by atoms with Crippen LogP contribution in [0.15, 0.2) is 60.7 Å². The predicted molar refractivity (Wildman–Crippen MR) is 153 cm³/mol. The first-order chi connectivity index (χ1) is 18.7. The number of benzene rings is 3. The highest BCUT2D eigenvalue weighted by Gasteiger charge is 2.19. The monoisotopic (exact) mass is 531 g/mol. The van der Waals surface area contributed by atoms with Crippen LogP contribution in [0.3, 0.4) is 0 Å². The van der Waals surface area contributed by atoms with Crippen molar-refractivity contribution in [1.82, 2.24) is 20.6 Å². The van der Waals surface area contributed by atoms with Gasteiger partial charge < -0.3 is 20.3 Å². The molecule has 0 atom stereocenters. The fraction of sp³-hybridized carbons (Fsp3) is 0.310. The number of H-pyrrole nitrogens is 1. The standard InChI is InChI=1S/C29H34FN7O2/c1-18(2)16-37(17-19(3)4)26-13-10-20(22-8-6-7-9-23(22)28-33-35-36-34-28)14-25(26)32-29(38)31-21-11-12-24(30)27(15-21)39-5/h6-15,18-19H,16-17H2,1-5H3,(H2,31,32,38)(H,33,34,35,36). The molecule has 2 amide bonds. The Morgan fingerprint density at radius 2 is 1.69 bits per heavy atom. The average molecular weight is 532 g/mol. The molecule has 10 heteroatoms. The number of aromatic nitrogens is 4. The zero-order valence-corrected chi connectivity index (χ0v) is 22.8. The molecule has 204 valence electrons. The topological polar surface area (TPSA) is 108 Å². The molecule has 4 rings (SSSR count). The van der Waals surface area contributed by atoms with Gasteiger partial charge in [-0.05, 0) is 57.7 Å². The van der Waals surface area contributed by atoms with Crippen molar-refractivity contribution in [2.45, 2.75) is 27.7 Å². The second-order valence-electron chi connectivity index (χ2n) is 10.1. The van der Waals surface area contributed by atoms with E-state index in [-0.39, 0.29) is 5.75 Å². The van der Waals surface area contributed by atoms with Gasteiger partial charge in [0, 0.05) is 30.4 Å². The van der Waals surface area contributed by atoms with Gasteiger partial charge in [0.05, 0.1) is 18.5 Å². The molecule has 39 heavy (non-hydrogen) atoms. The molecule has 4 aromatic rings. The van der Waals surface area contributed by atoms with Crippen molar-refractivity contribution in [2.24, 2.45) is 11.8 Å². The number of nitrogens with zero attached hydrogens (tertiary/aromatic N) is 4. The minimum absolute atomic E-state index is 0.0500. The van der Waals surface area contributed by atoms with Crippen molar-refractivity contribution in [3.8, 4) is 28.3 Å². The van der Waals surface area contributed by atoms with E-state index in [2.05, 4.69) is 63.9 Å². The summed E-state index contributed by atoms with van der Waals surface area (Å²) in [6, 6.07) is 17.6. The molecule has 9 nitrogen and oxygen atoms in total. The lowest BCUT2D eigenvalue weighted by atomic mass is 9.97. The van der Waals surface area contributed by atoms with Crippen LogP contribution in [0.5, 0.6) is 5.75 Å². The van der Waals surface area contributed by atoms with Crippen LogP contribution in [-0.2, 0) is 0 Å². The normalized spacial score (nSPS) is 11.1. The third kappa shape index (κ3) is 6.90. The maximum atomic E-state index is 13.9. The number of ether oxygens (including phenoxy) is 1. The Bertz CT molecular complexity index is 1400. The molecule has 0 aliphatic carbocycles. The molecule has 1 aromatic heterocycles. The first kappa shape index (κ1) is 27.6. The Hall–Kier alpha value is -4.47. The summed E-state index contributed by atoms with van der Waals surface area (Å²) in [5, 5.41) is 20.2. The van der Waals surface area contributed by atoms with Crippen LogP contribution >= 0.6 is 0 Å². The van der Waals surface area contributed by atoms with Gasteiger partial charge in [0.2, 0.25) is 0 Å². The number of rotatable bonds is 10. The Labute approximate surface area is 227 Å². The van der Waals surface area contributed by atoms with E-state index in [9.17, 15) is 9.18 Å². The molecule has 0 unspecified atom stereocenters. The third-order valence-electron chi connectivity index (χ3n) is 6.00. The summed E-state index contributed by atoms with van der Waals surface area (Å²) < 4.78 is 18.9. The second kappa shape index (κ2) is 12.4. The Morgan fingerprint density at radius 3 is 2.33 bits per heavy atom. The van der Waals surface area contributed by atoms with Crippen LogP contribution < -0.4 is 20.3 Å². The summed E-state index contributed by atoms with van der Waals surface area (Å²) in [6.07, 6.45) is 0. The van der Waals surface area contributed by atoms with E-state index in [4.69, 9.17) is 4.74 Å². The lowest BCUT2D eigenvalue weighted by molar-refractivity contribution is 0.262. The summed E-state index contributed by atoms with van der Waals surface area (Å²) in [7, 11) is 1.38. The largest absolute Gasteiger partial charge is 0.494 e. The predicted octanol–water partition coefficient (Wildman–Crippen LogP) is 6.44. The van der Waals surface area contributed by atoms with E-state index in [1.807, 2.05) is 42.5 Å². The molecule has 3 aromatic carbocycles. The Morgan fingerprint density at radius 1 is 0.974 bits per heavy atom. The van der Waals surface area contributed by atoms with Crippen LogP contribution in [0.4, 0.5) is 26.2 Å². The van der Waals surface area contributed by atoms with E-state index < -0.39 is 11.8 Å². The molecular weight excluding hydrogens is 497 g/mol. The first-order valence-electron chi connectivity index (χ1n) is 12.9. The maximum Gasteiger partial charge on any atom is 0.323 e. The van der Waals surface area contributed by atoms with E-state index in [1.165, 1.54) is 25.3 Å². The number of methoxy groups -OCH3 is 1. The van der Waals surface area contributed by atoms with Gasteiger partial charge in [-0.2, -0.15) is 0 Å². The van der Waals surface area contributed by atoms with E-state index in [0.717, 1.165) is 35.5 Å². The molecular formula is C29H34FN7O2. The minimum Gasteiger partial charge on any atom is -0.494 e. The maximum absolute atomic E-state index is 13.9. The van der Waals surface area contributed by atoms with Crippen molar-refractivity contribution in [3.05, 3.63) is 66.5 Å². The highest BCUT2D eigenvalue weighted by atomic mass is 19.1. The Balaban J connectivity index is 1.74. The highest BCUT2D eigenvalue weighted by molar-refractivity contribution is 6.02. The summed E-state index contributed by atoms with van der Waals surface area (Å²) in [6.45, 7) is 10.3. The number of nitrogens with one attached hydrogen (secondary N) is 3. The lowest BCUT2D eigenvalue weighted by Gasteiger charge is -2.31. The number of amides is 2. The zero-order chi connectivity index (χ0) is 27.9. The number of hydrogen-bond acceptors (Lipinski definition) is 6. The molecule has 0 saturated carbocycles. The second-order valence-corrected chi connectivity index (χ2v) is 10.1. The molecule has 0 radical (unpaired) electrons. The number of hydrogen-bond donors (Lipinski definition) is 3. The van der Waals surface area contributed by atoms with Gasteiger partial charge in [0.15, 0.2) is 17.4 Å². The fourth-order valence-corrected chi connectivity index (χ4v) is 4.47. The van der Waals surface area contributed by atoms with Gasteiger partial charge in [-0.15, -0.1) is 5.10 Å². The summed E-state index contributed by atoms with van der Waals surface area (Å²) in [5.41, 5.74) is 4.60. The average Bonchev–Trinajstić information content (AvgIpc) is 3.44. The molecule has 0 fully saturated rings. The smallest absolute Gasteiger partial charge is 0.323 e. The molecule has 0 saturated heterocycles. The van der Waals surface area contributed by atoms with Crippen molar-refractivity contribution in [3.63, 3.8) is 0 Å². The Kier molecular flexibility index (Phi) is 8.75. The lowest BCUT2D eigenvalue weighted by Crippen LogP contribution is -2.32. The van der Waals surface area contributed by atoms with Gasteiger partial charge in [-0.1, -0.05) is 58.0 Å². The molecule has 0 aliphatic rings. The third-order valence-corrected chi connectivity index (χ3v) is 6.00. The van der Waals surface area contributed by atoms with Crippen molar-refractivity contribution >= 4 is 23.1 Å². The number of anilines is 3. The number of urea groups is 1. The van der Waals surface area contributed by atoms with E-state index in [0.29, 0.717) is 29.0 Å². The van der Waals surface area contributed by atoms with Crippen molar-refractivity contribution in [1.29, 1.82) is 0 Å². The van der Waals surface area contributed by atoms with Gasteiger partial charge in [0.25, 0.3) is 0 Å². The van der Waals surface area contributed by atoms with E-state index in [1.54, 1.807) is 0 Å². The van der Waals surface area contributed by atoms with E-state index >= 15 is 0 Å². The van der Waals surface area contributed by atoms with Gasteiger partial charge in [-0.3, -0.25) is 0 Å². The summed E-state index contributed by atoms with van der Waals surface area (Å²) >= 11 is 0. The van der Waals surface area contributed by atoms with Crippen molar-refractivity contribution < 1.29 is 13.9 Å². The SMILES string of the molecule is COc1cc(NC(=O)Nc2cc(-c3ccccc3-c3nnn[nH]3)ccc2N(CC(C)C)CC(C)C)ccc1F. The van der Waals surface area contributed by atoms with Gasteiger partial charge in [-0.25, -0.2) is 14.3 Å². The fourth-order valence-electron chi connectivity index (χ4n) is 4.47. The number of carbonyl (C=O) groups is 1. The van der Waals surface area contributed by atoms with Crippen LogP contribution in [0, 0.1) is 17.7 Å².